The highest BCUT2D eigenvalue weighted by Gasteiger charge is 2.26. The first kappa shape index (κ1) is 20.0. The molecule has 0 unspecified atom stereocenters. The molecule has 3 aromatic rings. The molecule has 0 N–H and O–H groups in total. The normalized spacial score (nSPS) is 19.6. The Morgan fingerprint density at radius 1 is 1.10 bits per heavy atom. The van der Waals surface area contributed by atoms with Crippen molar-refractivity contribution < 1.29 is 13.9 Å². The predicted molar refractivity (Wildman–Crippen MR) is 114 cm³/mol. The van der Waals surface area contributed by atoms with Crippen LogP contribution in [0.5, 0.6) is 0 Å². The molecule has 1 aromatic heterocycles. The maximum atomic E-state index is 14.0. The summed E-state index contributed by atoms with van der Waals surface area (Å²) in [5.74, 6) is 0.459. The minimum absolute atomic E-state index is 0.0518. The van der Waals surface area contributed by atoms with Gasteiger partial charge in [0.05, 0.1) is 12.2 Å². The van der Waals surface area contributed by atoms with Crippen molar-refractivity contribution in [3.63, 3.8) is 0 Å². The van der Waals surface area contributed by atoms with E-state index < -0.39 is 0 Å². The van der Waals surface area contributed by atoms with Crippen LogP contribution in [0.25, 0.3) is 10.9 Å². The molecule has 1 aliphatic rings. The first-order valence-corrected chi connectivity index (χ1v) is 10.9. The number of aromatic nitrogens is 1. The molecule has 0 spiro atoms. The van der Waals surface area contributed by atoms with Crippen molar-refractivity contribution in [2.24, 2.45) is 0 Å². The van der Waals surface area contributed by atoms with Crippen LogP contribution in [0, 0.1) is 5.82 Å². The fourth-order valence-electron chi connectivity index (χ4n) is 3.86. The van der Waals surface area contributed by atoms with Gasteiger partial charge in [0.15, 0.2) is 0 Å². The van der Waals surface area contributed by atoms with E-state index in [9.17, 15) is 9.18 Å². The van der Waals surface area contributed by atoms with Crippen LogP contribution < -0.4 is 0 Å². The summed E-state index contributed by atoms with van der Waals surface area (Å²) in [5.41, 5.74) is 1.70. The third kappa shape index (κ3) is 4.49. The Labute approximate surface area is 174 Å². The molecule has 0 aliphatic carbocycles. The minimum atomic E-state index is -0.186. The van der Waals surface area contributed by atoms with Gasteiger partial charge in [0.2, 0.25) is 5.91 Å². The van der Waals surface area contributed by atoms with Gasteiger partial charge >= 0.3 is 0 Å². The van der Waals surface area contributed by atoms with Gasteiger partial charge < -0.3 is 14.2 Å². The highest BCUT2D eigenvalue weighted by Crippen LogP contribution is 2.32. The number of morpholine rings is 1. The summed E-state index contributed by atoms with van der Waals surface area (Å²) in [5, 5.41) is 1.09. The summed E-state index contributed by atoms with van der Waals surface area (Å²) in [6.45, 7) is 5.53. The van der Waals surface area contributed by atoms with Gasteiger partial charge in [-0.2, -0.15) is 0 Å². The second-order valence-electron chi connectivity index (χ2n) is 7.57. The number of ether oxygens (including phenoxy) is 1. The van der Waals surface area contributed by atoms with Gasteiger partial charge in [0, 0.05) is 40.8 Å². The van der Waals surface area contributed by atoms with E-state index in [-0.39, 0.29) is 23.9 Å². The smallest absolute Gasteiger partial charge is 0.242 e. The van der Waals surface area contributed by atoms with Crippen molar-refractivity contribution in [2.45, 2.75) is 43.2 Å². The summed E-state index contributed by atoms with van der Waals surface area (Å²) in [4.78, 5) is 15.9. The average molecular weight is 413 g/mol. The SMILES string of the molecule is C[C@@H]1CN(C(=O)Cn2cc(SCc3ccccc3F)c3ccccc32)C[C@@H](C)O1. The molecule has 29 heavy (non-hydrogen) atoms. The summed E-state index contributed by atoms with van der Waals surface area (Å²) in [7, 11) is 0. The highest BCUT2D eigenvalue weighted by molar-refractivity contribution is 7.98. The Morgan fingerprint density at radius 3 is 2.55 bits per heavy atom. The lowest BCUT2D eigenvalue weighted by molar-refractivity contribution is -0.143. The van der Waals surface area contributed by atoms with E-state index in [1.807, 2.05) is 59.8 Å². The second-order valence-corrected chi connectivity index (χ2v) is 8.59. The number of hydrogen-bond acceptors (Lipinski definition) is 3. The summed E-state index contributed by atoms with van der Waals surface area (Å²) in [6.07, 6.45) is 2.12. The lowest BCUT2D eigenvalue weighted by atomic mass is 10.2. The van der Waals surface area contributed by atoms with Crippen molar-refractivity contribution in [3.8, 4) is 0 Å². The Morgan fingerprint density at radius 2 is 1.79 bits per heavy atom. The van der Waals surface area contributed by atoms with Crippen molar-refractivity contribution in [2.75, 3.05) is 13.1 Å². The van der Waals surface area contributed by atoms with Gasteiger partial charge in [-0.05, 0) is 31.5 Å². The number of amides is 1. The Hall–Kier alpha value is -2.31. The molecule has 152 valence electrons. The van der Waals surface area contributed by atoms with E-state index in [0.29, 0.717) is 31.0 Å². The van der Waals surface area contributed by atoms with Crippen LogP contribution in [0.3, 0.4) is 0 Å². The molecule has 0 bridgehead atoms. The highest BCUT2D eigenvalue weighted by atomic mass is 32.2. The minimum Gasteiger partial charge on any atom is -0.372 e. The number of hydrogen-bond donors (Lipinski definition) is 0. The van der Waals surface area contributed by atoms with Gasteiger partial charge in [-0.15, -0.1) is 11.8 Å². The van der Waals surface area contributed by atoms with Gasteiger partial charge in [-0.1, -0.05) is 36.4 Å². The maximum Gasteiger partial charge on any atom is 0.242 e. The standard InChI is InChI=1S/C23H25FN2O2S/c1-16-11-26(12-17(2)28-16)23(27)14-25-13-22(19-8-4-6-10-21(19)25)29-15-18-7-3-5-9-20(18)24/h3-10,13,16-17H,11-12,14-15H2,1-2H3/t16-,17-/m1/s1. The average Bonchev–Trinajstić information content (AvgIpc) is 3.04. The molecule has 4 nitrogen and oxygen atoms in total. The number of carbonyl (C=O) groups excluding carboxylic acids is 1. The van der Waals surface area contributed by atoms with E-state index >= 15 is 0 Å². The number of halogens is 1. The Balaban J connectivity index is 1.54. The van der Waals surface area contributed by atoms with Crippen LogP contribution in [0.4, 0.5) is 4.39 Å². The molecule has 1 saturated heterocycles. The van der Waals surface area contributed by atoms with Gasteiger partial charge in [-0.25, -0.2) is 4.39 Å². The number of benzene rings is 2. The van der Waals surface area contributed by atoms with E-state index in [2.05, 4.69) is 6.07 Å². The molecule has 0 saturated carbocycles. The monoisotopic (exact) mass is 412 g/mol. The number of nitrogens with zero attached hydrogens (tertiary/aromatic N) is 2. The molecule has 2 aromatic carbocycles. The lowest BCUT2D eigenvalue weighted by Gasteiger charge is -2.35. The first-order chi connectivity index (χ1) is 14.0. The van der Waals surface area contributed by atoms with Crippen LogP contribution in [-0.4, -0.2) is 40.7 Å². The van der Waals surface area contributed by atoms with Crippen molar-refractivity contribution in [1.29, 1.82) is 0 Å². The maximum absolute atomic E-state index is 14.0. The van der Waals surface area contributed by atoms with Crippen LogP contribution in [-0.2, 0) is 21.8 Å². The largest absolute Gasteiger partial charge is 0.372 e. The quantitative estimate of drug-likeness (QED) is 0.569. The summed E-state index contributed by atoms with van der Waals surface area (Å²) in [6, 6.07) is 14.9. The Bertz CT molecular complexity index is 1010. The third-order valence-electron chi connectivity index (χ3n) is 5.17. The fourth-order valence-corrected chi connectivity index (χ4v) is 4.93. The van der Waals surface area contributed by atoms with E-state index in [1.54, 1.807) is 17.8 Å². The molecule has 2 atom stereocenters. The fraction of sp³-hybridized carbons (Fsp3) is 0.348. The molecule has 2 heterocycles. The first-order valence-electron chi connectivity index (χ1n) is 9.88. The molecular formula is C23H25FN2O2S. The predicted octanol–water partition coefficient (Wildman–Crippen LogP) is 4.71. The number of fused-ring (bicyclic) bond motifs is 1. The number of para-hydroxylation sites is 1. The van der Waals surface area contributed by atoms with Gasteiger partial charge in [0.1, 0.15) is 12.4 Å². The van der Waals surface area contributed by atoms with Crippen LogP contribution >= 0.6 is 11.8 Å². The van der Waals surface area contributed by atoms with Crippen molar-refractivity contribution >= 4 is 28.6 Å². The van der Waals surface area contributed by atoms with Gasteiger partial charge in [-0.3, -0.25) is 4.79 Å². The van der Waals surface area contributed by atoms with E-state index in [1.165, 1.54) is 6.07 Å². The molecule has 1 aliphatic heterocycles. The number of rotatable bonds is 5. The molecule has 6 heteroatoms. The number of carbonyl (C=O) groups is 1. The van der Waals surface area contributed by atoms with Crippen LogP contribution in [0.15, 0.2) is 59.6 Å². The zero-order valence-corrected chi connectivity index (χ0v) is 17.5. The molecular weight excluding hydrogens is 387 g/mol. The van der Waals surface area contributed by atoms with Crippen LogP contribution in [0.1, 0.15) is 19.4 Å². The molecule has 1 fully saturated rings. The van der Waals surface area contributed by atoms with Crippen molar-refractivity contribution in [3.05, 3.63) is 66.1 Å². The Kier molecular flexibility index (Phi) is 5.92. The zero-order chi connectivity index (χ0) is 20.4. The molecule has 4 rings (SSSR count). The van der Waals surface area contributed by atoms with Crippen molar-refractivity contribution in [1.82, 2.24) is 9.47 Å². The lowest BCUT2D eigenvalue weighted by Crippen LogP contribution is -2.49. The van der Waals surface area contributed by atoms with Crippen LogP contribution in [0.2, 0.25) is 0 Å². The summed E-state index contributed by atoms with van der Waals surface area (Å²) >= 11 is 1.60. The van der Waals surface area contributed by atoms with E-state index in [4.69, 9.17) is 4.74 Å². The molecule has 1 amide bonds. The second kappa shape index (κ2) is 8.59. The van der Waals surface area contributed by atoms with E-state index in [0.717, 1.165) is 15.8 Å². The summed E-state index contributed by atoms with van der Waals surface area (Å²) < 4.78 is 21.7. The number of thioether (sulfide) groups is 1. The molecule has 0 radical (unpaired) electrons. The third-order valence-corrected chi connectivity index (χ3v) is 6.26. The van der Waals surface area contributed by atoms with Gasteiger partial charge in [0.25, 0.3) is 0 Å². The zero-order valence-electron chi connectivity index (χ0n) is 16.7. The topological polar surface area (TPSA) is 34.5 Å².